The summed E-state index contributed by atoms with van der Waals surface area (Å²) in [6.07, 6.45) is 3.11. The number of nitrogens with zero attached hydrogens (tertiary/aromatic N) is 1. The molecule has 2 aromatic carbocycles. The Hall–Kier alpha value is -3.67. The molecule has 0 saturated carbocycles. The van der Waals surface area contributed by atoms with Gasteiger partial charge in [-0.1, -0.05) is 30.3 Å². The van der Waals surface area contributed by atoms with Gasteiger partial charge in [-0.3, -0.25) is 4.98 Å². The third kappa shape index (κ3) is 6.92. The SMILES string of the molecule is CCOC(=O)c1ccc(N)cc1.O=C(OCc1ccccc1)c1cccnc1. The first-order valence-electron chi connectivity index (χ1n) is 8.74. The maximum Gasteiger partial charge on any atom is 0.340 e. The van der Waals surface area contributed by atoms with Gasteiger partial charge in [-0.2, -0.15) is 0 Å². The summed E-state index contributed by atoms with van der Waals surface area (Å²) >= 11 is 0. The Morgan fingerprint density at radius 1 is 0.857 bits per heavy atom. The molecule has 1 heterocycles. The lowest BCUT2D eigenvalue weighted by molar-refractivity contribution is 0.0470. The van der Waals surface area contributed by atoms with E-state index in [0.29, 0.717) is 23.4 Å². The van der Waals surface area contributed by atoms with Crippen molar-refractivity contribution in [1.29, 1.82) is 0 Å². The van der Waals surface area contributed by atoms with Gasteiger partial charge in [0.1, 0.15) is 6.61 Å². The zero-order valence-electron chi connectivity index (χ0n) is 15.6. The molecular weight excluding hydrogens is 356 g/mol. The lowest BCUT2D eigenvalue weighted by Crippen LogP contribution is -2.05. The molecule has 0 bridgehead atoms. The molecule has 2 N–H and O–H groups in total. The first-order valence-corrected chi connectivity index (χ1v) is 8.74. The highest BCUT2D eigenvalue weighted by Crippen LogP contribution is 2.06. The number of aromatic nitrogens is 1. The Labute approximate surface area is 163 Å². The molecule has 28 heavy (non-hydrogen) atoms. The molecule has 0 unspecified atom stereocenters. The monoisotopic (exact) mass is 378 g/mol. The number of anilines is 1. The van der Waals surface area contributed by atoms with Gasteiger partial charge in [0.05, 0.1) is 17.7 Å². The molecule has 3 aromatic rings. The molecule has 0 fully saturated rings. The van der Waals surface area contributed by atoms with E-state index in [0.717, 1.165) is 5.56 Å². The molecule has 0 amide bonds. The summed E-state index contributed by atoms with van der Waals surface area (Å²) in [6.45, 7) is 2.45. The Balaban J connectivity index is 0.000000209. The third-order valence-corrected chi connectivity index (χ3v) is 3.53. The van der Waals surface area contributed by atoms with Crippen LogP contribution in [0, 0.1) is 0 Å². The summed E-state index contributed by atoms with van der Waals surface area (Å²) in [6, 6.07) is 19.6. The second kappa shape index (κ2) is 11.1. The number of nitrogens with two attached hydrogens (primary N) is 1. The van der Waals surface area contributed by atoms with Gasteiger partial charge in [0.2, 0.25) is 0 Å². The molecule has 0 atom stereocenters. The van der Waals surface area contributed by atoms with Crippen molar-refractivity contribution in [3.8, 4) is 0 Å². The lowest BCUT2D eigenvalue weighted by Gasteiger charge is -2.03. The van der Waals surface area contributed by atoms with E-state index in [1.165, 1.54) is 6.20 Å². The highest BCUT2D eigenvalue weighted by molar-refractivity contribution is 5.89. The van der Waals surface area contributed by atoms with Crippen LogP contribution in [0.4, 0.5) is 5.69 Å². The predicted octanol–water partition coefficient (Wildman–Crippen LogP) is 3.88. The summed E-state index contributed by atoms with van der Waals surface area (Å²) in [5, 5.41) is 0. The Bertz CT molecular complexity index is 866. The average Bonchev–Trinajstić information content (AvgIpc) is 2.74. The van der Waals surface area contributed by atoms with Crippen LogP contribution in [0.25, 0.3) is 0 Å². The number of carbonyl (C=O) groups is 2. The molecule has 0 aliphatic rings. The van der Waals surface area contributed by atoms with Crippen molar-refractivity contribution in [2.24, 2.45) is 0 Å². The largest absolute Gasteiger partial charge is 0.462 e. The van der Waals surface area contributed by atoms with Crippen LogP contribution in [0.2, 0.25) is 0 Å². The summed E-state index contributed by atoms with van der Waals surface area (Å²) < 4.78 is 9.92. The van der Waals surface area contributed by atoms with Crippen molar-refractivity contribution in [2.75, 3.05) is 12.3 Å². The van der Waals surface area contributed by atoms with Gasteiger partial charge in [0, 0.05) is 18.1 Å². The topological polar surface area (TPSA) is 91.5 Å². The van der Waals surface area contributed by atoms with Crippen LogP contribution in [-0.2, 0) is 16.1 Å². The van der Waals surface area contributed by atoms with E-state index < -0.39 is 0 Å². The normalized spacial score (nSPS) is 9.61. The Morgan fingerprint density at radius 2 is 1.54 bits per heavy atom. The number of hydrogen-bond donors (Lipinski definition) is 1. The molecule has 6 nitrogen and oxygen atoms in total. The highest BCUT2D eigenvalue weighted by atomic mass is 16.5. The number of ether oxygens (including phenoxy) is 2. The van der Waals surface area contributed by atoms with Gasteiger partial charge >= 0.3 is 11.9 Å². The van der Waals surface area contributed by atoms with Crippen LogP contribution in [0.5, 0.6) is 0 Å². The second-order valence-corrected chi connectivity index (χ2v) is 5.65. The summed E-state index contributed by atoms with van der Waals surface area (Å²) in [5.74, 6) is -0.658. The number of pyridine rings is 1. The van der Waals surface area contributed by atoms with Crippen LogP contribution in [0.3, 0.4) is 0 Å². The molecule has 0 aliphatic heterocycles. The van der Waals surface area contributed by atoms with Crippen LogP contribution >= 0.6 is 0 Å². The molecular formula is C22H22N2O4. The minimum atomic E-state index is -0.350. The van der Waals surface area contributed by atoms with E-state index in [1.54, 1.807) is 49.5 Å². The number of nitrogen functional groups attached to an aromatic ring is 1. The van der Waals surface area contributed by atoms with Crippen molar-refractivity contribution >= 4 is 17.6 Å². The molecule has 6 heteroatoms. The lowest BCUT2D eigenvalue weighted by atomic mass is 10.2. The minimum Gasteiger partial charge on any atom is -0.462 e. The van der Waals surface area contributed by atoms with Crippen LogP contribution in [0.15, 0.2) is 79.1 Å². The van der Waals surface area contributed by atoms with Crippen molar-refractivity contribution in [3.05, 3.63) is 95.8 Å². The van der Waals surface area contributed by atoms with Gasteiger partial charge in [-0.25, -0.2) is 9.59 Å². The standard InChI is InChI=1S/C13H11NO2.C9H11NO2/c15-13(12-7-4-8-14-9-12)16-10-11-5-2-1-3-6-11;1-2-12-9(11)7-3-5-8(10)6-4-7/h1-9H,10H2;3-6H,2,10H2,1H3. The molecule has 144 valence electrons. The third-order valence-electron chi connectivity index (χ3n) is 3.53. The number of rotatable bonds is 5. The predicted molar refractivity (Wildman–Crippen MR) is 107 cm³/mol. The zero-order chi connectivity index (χ0) is 20.2. The Kier molecular flexibility index (Phi) is 8.20. The maximum absolute atomic E-state index is 11.6. The van der Waals surface area contributed by atoms with E-state index in [9.17, 15) is 9.59 Å². The van der Waals surface area contributed by atoms with Gasteiger partial charge < -0.3 is 15.2 Å². The first-order chi connectivity index (χ1) is 13.6. The average molecular weight is 378 g/mol. The fraction of sp³-hybridized carbons (Fsp3) is 0.136. The van der Waals surface area contributed by atoms with E-state index in [4.69, 9.17) is 15.2 Å². The van der Waals surface area contributed by atoms with Gasteiger partial charge in [-0.15, -0.1) is 0 Å². The minimum absolute atomic E-state index is 0.286. The van der Waals surface area contributed by atoms with E-state index in [-0.39, 0.29) is 18.5 Å². The van der Waals surface area contributed by atoms with Crippen LogP contribution in [-0.4, -0.2) is 23.5 Å². The molecule has 3 rings (SSSR count). The number of carbonyl (C=O) groups excluding carboxylic acids is 2. The van der Waals surface area contributed by atoms with Crippen LogP contribution < -0.4 is 5.73 Å². The molecule has 0 aliphatic carbocycles. The van der Waals surface area contributed by atoms with Gasteiger partial charge in [-0.05, 0) is 48.9 Å². The van der Waals surface area contributed by atoms with Crippen molar-refractivity contribution < 1.29 is 19.1 Å². The summed E-state index contributed by atoms with van der Waals surface area (Å²) in [5.41, 5.74) is 8.07. The van der Waals surface area contributed by atoms with Crippen LogP contribution in [0.1, 0.15) is 33.2 Å². The van der Waals surface area contributed by atoms with E-state index in [1.807, 2.05) is 30.3 Å². The zero-order valence-corrected chi connectivity index (χ0v) is 15.6. The molecule has 0 spiro atoms. The van der Waals surface area contributed by atoms with E-state index >= 15 is 0 Å². The van der Waals surface area contributed by atoms with E-state index in [2.05, 4.69) is 4.98 Å². The fourth-order valence-electron chi connectivity index (χ4n) is 2.12. The van der Waals surface area contributed by atoms with Crippen molar-refractivity contribution in [1.82, 2.24) is 4.98 Å². The molecule has 0 saturated heterocycles. The summed E-state index contributed by atoms with van der Waals surface area (Å²) in [4.78, 5) is 26.5. The molecule has 0 radical (unpaired) electrons. The molecule has 1 aromatic heterocycles. The maximum atomic E-state index is 11.6. The highest BCUT2D eigenvalue weighted by Gasteiger charge is 2.06. The quantitative estimate of drug-likeness (QED) is 0.535. The smallest absolute Gasteiger partial charge is 0.340 e. The van der Waals surface area contributed by atoms with Gasteiger partial charge in [0.25, 0.3) is 0 Å². The van der Waals surface area contributed by atoms with Crippen molar-refractivity contribution in [3.63, 3.8) is 0 Å². The Morgan fingerprint density at radius 3 is 2.14 bits per heavy atom. The van der Waals surface area contributed by atoms with Crippen molar-refractivity contribution in [2.45, 2.75) is 13.5 Å². The second-order valence-electron chi connectivity index (χ2n) is 5.65. The number of esters is 2. The summed E-state index contributed by atoms with van der Waals surface area (Å²) in [7, 11) is 0. The fourth-order valence-corrected chi connectivity index (χ4v) is 2.12. The first kappa shape index (κ1) is 20.6. The number of hydrogen-bond acceptors (Lipinski definition) is 6. The number of benzene rings is 2. The van der Waals surface area contributed by atoms with Gasteiger partial charge in [0.15, 0.2) is 0 Å².